The summed E-state index contributed by atoms with van der Waals surface area (Å²) in [4.78, 5) is 21.2. The van der Waals surface area contributed by atoms with Crippen LogP contribution in [-0.4, -0.2) is 51.3 Å². The van der Waals surface area contributed by atoms with Crippen molar-refractivity contribution in [3.05, 3.63) is 12.2 Å². The molecule has 2 atom stereocenters. The maximum Gasteiger partial charge on any atom is 0.328 e. The molecule has 0 radical (unpaired) electrons. The molecule has 2 aliphatic rings. The van der Waals surface area contributed by atoms with Gasteiger partial charge in [0.1, 0.15) is 6.10 Å². The summed E-state index contributed by atoms with van der Waals surface area (Å²) in [6.45, 7) is 4.27. The predicted octanol–water partition coefficient (Wildman–Crippen LogP) is 1.68. The van der Waals surface area contributed by atoms with Gasteiger partial charge in [-0.05, 0) is 33.1 Å². The molecule has 1 saturated carbocycles. The van der Waals surface area contributed by atoms with Crippen LogP contribution in [0.5, 0.6) is 0 Å². The zero-order valence-electron chi connectivity index (χ0n) is 12.3. The van der Waals surface area contributed by atoms with E-state index in [-0.39, 0.29) is 0 Å². The molecule has 7 nitrogen and oxygen atoms in total. The van der Waals surface area contributed by atoms with Crippen LogP contribution in [0.2, 0.25) is 0 Å². The Labute approximate surface area is 123 Å². The molecular formula is C14H22N2O5. The molecule has 1 aliphatic carbocycles. The number of carboxylic acid groups (broad SMARTS) is 2. The van der Waals surface area contributed by atoms with Gasteiger partial charge in [0.2, 0.25) is 0 Å². The highest BCUT2D eigenvalue weighted by Crippen LogP contribution is 2.32. The fourth-order valence-electron chi connectivity index (χ4n) is 2.65. The van der Waals surface area contributed by atoms with Crippen molar-refractivity contribution in [2.24, 2.45) is 0 Å². The van der Waals surface area contributed by atoms with Gasteiger partial charge in [0.05, 0.1) is 6.04 Å². The van der Waals surface area contributed by atoms with Gasteiger partial charge in [-0.2, -0.15) is 0 Å². The normalized spacial score (nSPS) is 24.3. The zero-order chi connectivity index (χ0) is 16.0. The number of hydrogen-bond acceptors (Lipinski definition) is 4. The number of rotatable bonds is 3. The average molecular weight is 298 g/mol. The number of amidine groups is 1. The first-order valence-corrected chi connectivity index (χ1v) is 7.00. The van der Waals surface area contributed by atoms with Gasteiger partial charge in [-0.25, -0.2) is 9.59 Å². The monoisotopic (exact) mass is 298 g/mol. The minimum Gasteiger partial charge on any atom is -0.478 e. The maximum absolute atomic E-state index is 9.55. The fourth-order valence-corrected chi connectivity index (χ4v) is 2.65. The fraction of sp³-hybridized carbons (Fsp3) is 0.643. The van der Waals surface area contributed by atoms with E-state index in [0.29, 0.717) is 36.4 Å². The van der Waals surface area contributed by atoms with E-state index in [2.05, 4.69) is 18.7 Å². The summed E-state index contributed by atoms with van der Waals surface area (Å²) in [6, 6.07) is 1.29. The van der Waals surface area contributed by atoms with Crippen LogP contribution in [0.25, 0.3) is 0 Å². The van der Waals surface area contributed by atoms with E-state index in [9.17, 15) is 9.59 Å². The highest BCUT2D eigenvalue weighted by molar-refractivity contribution is 5.89. The molecule has 0 aromatic carbocycles. The first-order valence-electron chi connectivity index (χ1n) is 7.00. The van der Waals surface area contributed by atoms with Crippen LogP contribution in [0.15, 0.2) is 12.2 Å². The SMILES string of the molecule is CC(C)N1C(=N)OC2CCCCC21.O=C(O)/C=C\C(=O)O. The van der Waals surface area contributed by atoms with Crippen LogP contribution in [0.1, 0.15) is 39.5 Å². The summed E-state index contributed by atoms with van der Waals surface area (Å²) in [7, 11) is 0. The van der Waals surface area contributed by atoms with Crippen molar-refractivity contribution in [3.63, 3.8) is 0 Å². The van der Waals surface area contributed by atoms with Crippen molar-refractivity contribution in [2.45, 2.75) is 57.7 Å². The van der Waals surface area contributed by atoms with Crippen molar-refractivity contribution in [1.29, 1.82) is 5.41 Å². The largest absolute Gasteiger partial charge is 0.478 e. The molecule has 21 heavy (non-hydrogen) atoms. The molecule has 118 valence electrons. The van der Waals surface area contributed by atoms with Crippen LogP contribution in [0, 0.1) is 5.41 Å². The molecule has 2 rings (SSSR count). The molecule has 2 fully saturated rings. The van der Waals surface area contributed by atoms with Crippen LogP contribution >= 0.6 is 0 Å². The van der Waals surface area contributed by atoms with Gasteiger partial charge in [-0.1, -0.05) is 6.42 Å². The Morgan fingerprint density at radius 3 is 2.24 bits per heavy atom. The Balaban J connectivity index is 0.000000240. The second kappa shape index (κ2) is 7.66. The number of carbonyl (C=O) groups is 2. The molecule has 0 aromatic heterocycles. The third-order valence-corrected chi connectivity index (χ3v) is 3.45. The summed E-state index contributed by atoms with van der Waals surface area (Å²) in [5, 5.41) is 23.4. The van der Waals surface area contributed by atoms with E-state index in [1.54, 1.807) is 0 Å². The quantitative estimate of drug-likeness (QED) is 0.684. The molecule has 1 heterocycles. The second-order valence-electron chi connectivity index (χ2n) is 5.32. The minimum absolute atomic E-state index is 0.309. The van der Waals surface area contributed by atoms with Gasteiger partial charge in [-0.15, -0.1) is 0 Å². The van der Waals surface area contributed by atoms with Gasteiger partial charge < -0.3 is 19.8 Å². The summed E-state index contributed by atoms with van der Waals surface area (Å²) in [6.07, 6.45) is 6.32. The predicted molar refractivity (Wildman–Crippen MR) is 76.2 cm³/mol. The lowest BCUT2D eigenvalue weighted by Gasteiger charge is -2.31. The average Bonchev–Trinajstić information content (AvgIpc) is 2.73. The van der Waals surface area contributed by atoms with Crippen LogP contribution in [0.3, 0.4) is 0 Å². The van der Waals surface area contributed by atoms with Gasteiger partial charge in [0.25, 0.3) is 6.02 Å². The smallest absolute Gasteiger partial charge is 0.328 e. The molecule has 1 aliphatic heterocycles. The standard InChI is InChI=1S/C10H18N2O.C4H4O4/c1-7(2)12-8-5-3-4-6-9(8)13-10(12)11;5-3(6)1-2-4(7)8/h7-9,11H,3-6H2,1-2H3;1-2H,(H,5,6)(H,7,8)/b;2-1-. The van der Waals surface area contributed by atoms with Gasteiger partial charge >= 0.3 is 11.9 Å². The van der Waals surface area contributed by atoms with Crippen molar-refractivity contribution >= 4 is 18.0 Å². The minimum atomic E-state index is -1.26. The lowest BCUT2D eigenvalue weighted by atomic mass is 9.92. The van der Waals surface area contributed by atoms with Gasteiger partial charge in [-0.3, -0.25) is 5.41 Å². The first kappa shape index (κ1) is 17.0. The highest BCUT2D eigenvalue weighted by Gasteiger charge is 2.41. The number of hydrogen-bond donors (Lipinski definition) is 3. The lowest BCUT2D eigenvalue weighted by molar-refractivity contribution is -0.134. The van der Waals surface area contributed by atoms with Crippen molar-refractivity contribution in [3.8, 4) is 0 Å². The number of aliphatic carboxylic acids is 2. The first-order chi connectivity index (χ1) is 9.82. The lowest BCUT2D eigenvalue weighted by Crippen LogP contribution is -2.42. The highest BCUT2D eigenvalue weighted by atomic mass is 16.5. The maximum atomic E-state index is 9.55. The second-order valence-corrected chi connectivity index (χ2v) is 5.32. The summed E-state index contributed by atoms with van der Waals surface area (Å²) in [5.74, 6) is -2.51. The van der Waals surface area contributed by atoms with E-state index in [1.807, 2.05) is 0 Å². The zero-order valence-corrected chi connectivity index (χ0v) is 12.3. The Hall–Kier alpha value is -2.05. The number of ether oxygens (including phenoxy) is 1. The number of carboxylic acids is 2. The van der Waals surface area contributed by atoms with Gasteiger partial charge in [0.15, 0.2) is 0 Å². The Morgan fingerprint density at radius 1 is 1.24 bits per heavy atom. The molecule has 7 heteroatoms. The molecule has 0 bridgehead atoms. The molecule has 3 N–H and O–H groups in total. The molecule has 0 spiro atoms. The molecule has 2 unspecified atom stereocenters. The topological polar surface area (TPSA) is 111 Å². The van der Waals surface area contributed by atoms with Crippen LogP contribution < -0.4 is 0 Å². The summed E-state index contributed by atoms with van der Waals surface area (Å²) < 4.78 is 5.55. The molecular weight excluding hydrogens is 276 g/mol. The molecule has 1 saturated heterocycles. The van der Waals surface area contributed by atoms with E-state index in [4.69, 9.17) is 20.4 Å². The van der Waals surface area contributed by atoms with Crippen LogP contribution in [0.4, 0.5) is 0 Å². The van der Waals surface area contributed by atoms with E-state index >= 15 is 0 Å². The van der Waals surface area contributed by atoms with Crippen molar-refractivity contribution in [2.75, 3.05) is 0 Å². The third-order valence-electron chi connectivity index (χ3n) is 3.45. The van der Waals surface area contributed by atoms with Crippen molar-refractivity contribution < 1.29 is 24.5 Å². The Kier molecular flexibility index (Phi) is 6.20. The Bertz CT molecular complexity index is 417. The number of fused-ring (bicyclic) bond motifs is 1. The van der Waals surface area contributed by atoms with E-state index in [0.717, 1.165) is 6.42 Å². The van der Waals surface area contributed by atoms with Crippen molar-refractivity contribution in [1.82, 2.24) is 4.90 Å². The van der Waals surface area contributed by atoms with E-state index in [1.165, 1.54) is 19.3 Å². The Morgan fingerprint density at radius 2 is 1.76 bits per heavy atom. The van der Waals surface area contributed by atoms with Gasteiger partial charge in [0, 0.05) is 18.2 Å². The number of nitrogens with one attached hydrogen (secondary N) is 1. The van der Waals surface area contributed by atoms with E-state index < -0.39 is 11.9 Å². The molecule has 0 aromatic rings. The molecule has 0 amide bonds. The summed E-state index contributed by atoms with van der Waals surface area (Å²) in [5.41, 5.74) is 0. The number of nitrogens with zero attached hydrogens (tertiary/aromatic N) is 1. The third kappa shape index (κ3) is 5.09. The van der Waals surface area contributed by atoms with Crippen LogP contribution in [-0.2, 0) is 14.3 Å². The summed E-state index contributed by atoms with van der Waals surface area (Å²) >= 11 is 0.